The van der Waals surface area contributed by atoms with Crippen LogP contribution in [0.1, 0.15) is 61.8 Å². The zero-order chi connectivity index (χ0) is 37.0. The molecule has 3 saturated heterocycles. The number of carbonyl (C=O) groups excluding carboxylic acids is 4. The van der Waals surface area contributed by atoms with Crippen molar-refractivity contribution in [1.82, 2.24) is 9.80 Å². The third kappa shape index (κ3) is 6.98. The van der Waals surface area contributed by atoms with E-state index in [1.807, 2.05) is 96.7 Å². The molecule has 0 radical (unpaired) electrons. The van der Waals surface area contributed by atoms with E-state index < -0.39 is 5.41 Å². The molecule has 0 bridgehead atoms. The number of phenolic OH excluding ortho intramolecular Hbond substituents is 1. The van der Waals surface area contributed by atoms with E-state index in [1.165, 1.54) is 11.8 Å². The Morgan fingerprint density at radius 2 is 1.15 bits per heavy atom. The van der Waals surface area contributed by atoms with E-state index in [1.54, 1.807) is 12.1 Å². The van der Waals surface area contributed by atoms with Gasteiger partial charge < -0.3 is 19.6 Å². The molecule has 3 aliphatic rings. The SMILES string of the molecule is CC1N(C)C(=O)CC1(c1ccccc1)c1ccc(O)cc1.CC1N(C)C(=O)CC1(c1ccccc1)c1ccc(OCC(=O)CC2CCSC2=O)cc1. The molecule has 0 spiro atoms. The van der Waals surface area contributed by atoms with Gasteiger partial charge in [0.2, 0.25) is 11.8 Å². The van der Waals surface area contributed by atoms with Crippen molar-refractivity contribution >= 4 is 34.5 Å². The molecular weight excluding hydrogens is 673 g/mol. The fraction of sp³-hybridized carbons (Fsp3) is 0.349. The number of Topliss-reactive ketones (excluding diaryl/α,β-unsaturated/α-hetero) is 1. The number of aromatic hydroxyl groups is 1. The average Bonchev–Trinajstić information content (AvgIpc) is 3.76. The molecule has 3 heterocycles. The normalized spacial score (nSPS) is 25.6. The molecule has 270 valence electrons. The molecule has 2 amide bonds. The van der Waals surface area contributed by atoms with Crippen molar-refractivity contribution in [3.8, 4) is 11.5 Å². The maximum Gasteiger partial charge on any atom is 0.223 e. The van der Waals surface area contributed by atoms with E-state index >= 15 is 0 Å². The third-order valence-electron chi connectivity index (χ3n) is 11.5. The van der Waals surface area contributed by atoms with E-state index in [2.05, 4.69) is 38.1 Å². The van der Waals surface area contributed by atoms with Gasteiger partial charge in [0.1, 0.15) is 18.1 Å². The zero-order valence-electron chi connectivity index (χ0n) is 30.2. The number of carbonyl (C=O) groups is 4. The van der Waals surface area contributed by atoms with Crippen molar-refractivity contribution in [2.24, 2.45) is 5.92 Å². The van der Waals surface area contributed by atoms with Crippen LogP contribution < -0.4 is 4.74 Å². The van der Waals surface area contributed by atoms with Gasteiger partial charge >= 0.3 is 0 Å². The number of ether oxygens (including phenoxy) is 1. The van der Waals surface area contributed by atoms with Gasteiger partial charge in [-0.25, -0.2) is 0 Å². The molecule has 52 heavy (non-hydrogen) atoms. The Bertz CT molecular complexity index is 1900. The first-order valence-corrected chi connectivity index (χ1v) is 18.8. The summed E-state index contributed by atoms with van der Waals surface area (Å²) in [6, 6.07) is 35.3. The van der Waals surface area contributed by atoms with Crippen LogP contribution in [0.2, 0.25) is 0 Å². The highest BCUT2D eigenvalue weighted by atomic mass is 32.2. The standard InChI is InChI=1S/C25H27NO4S.C18H19NO2/c1-17-25(15-23(28)26(17)2,19-6-4-3-5-7-19)20-8-10-22(11-9-20)30-16-21(27)14-18-12-13-31-24(18)29;1-13-18(12-17(21)19(13)2,14-6-4-3-5-7-14)15-8-10-16(20)11-9-15/h3-11,17-18H,12-16H2,1-2H3;3-11,13,20H,12H2,1-2H3. The highest BCUT2D eigenvalue weighted by Gasteiger charge is 2.51. The van der Waals surface area contributed by atoms with E-state index in [9.17, 15) is 24.3 Å². The van der Waals surface area contributed by atoms with Gasteiger partial charge in [0.25, 0.3) is 0 Å². The third-order valence-corrected chi connectivity index (χ3v) is 12.5. The summed E-state index contributed by atoms with van der Waals surface area (Å²) in [5.74, 6) is 1.72. The first kappa shape index (κ1) is 36.9. The Hall–Kier alpha value is -4.89. The summed E-state index contributed by atoms with van der Waals surface area (Å²) >= 11 is 1.31. The van der Waals surface area contributed by atoms with Gasteiger partial charge in [-0.05, 0) is 66.8 Å². The molecular formula is C43H46N2O6S. The zero-order valence-corrected chi connectivity index (χ0v) is 31.0. The lowest BCUT2D eigenvalue weighted by Gasteiger charge is -2.35. The molecule has 4 aromatic rings. The highest BCUT2D eigenvalue weighted by molar-refractivity contribution is 8.14. The lowest BCUT2D eigenvalue weighted by Crippen LogP contribution is -2.40. The molecule has 4 aromatic carbocycles. The molecule has 9 heteroatoms. The molecule has 8 nitrogen and oxygen atoms in total. The van der Waals surface area contributed by atoms with Crippen LogP contribution in [0.25, 0.3) is 0 Å². The number of hydrogen-bond donors (Lipinski definition) is 1. The Labute approximate surface area is 310 Å². The Balaban J connectivity index is 0.000000192. The number of hydrogen-bond acceptors (Lipinski definition) is 7. The smallest absolute Gasteiger partial charge is 0.223 e. The number of likely N-dealkylation sites (tertiary alicyclic amines) is 2. The maximum atomic E-state index is 12.6. The van der Waals surface area contributed by atoms with Crippen LogP contribution in [0.15, 0.2) is 109 Å². The van der Waals surface area contributed by atoms with Crippen LogP contribution in [0.3, 0.4) is 0 Å². The van der Waals surface area contributed by atoms with Crippen LogP contribution in [0.5, 0.6) is 11.5 Å². The van der Waals surface area contributed by atoms with Crippen molar-refractivity contribution < 1.29 is 29.0 Å². The summed E-state index contributed by atoms with van der Waals surface area (Å²) in [5, 5.41) is 9.67. The molecule has 5 unspecified atom stereocenters. The van der Waals surface area contributed by atoms with Gasteiger partial charge in [-0.1, -0.05) is 96.7 Å². The highest BCUT2D eigenvalue weighted by Crippen LogP contribution is 2.47. The molecule has 3 fully saturated rings. The molecule has 1 N–H and O–H groups in total. The largest absolute Gasteiger partial charge is 0.508 e. The second kappa shape index (κ2) is 15.4. The van der Waals surface area contributed by atoms with E-state index in [0.29, 0.717) is 18.6 Å². The summed E-state index contributed by atoms with van der Waals surface area (Å²) in [7, 11) is 3.71. The van der Waals surface area contributed by atoms with Gasteiger partial charge in [-0.3, -0.25) is 19.2 Å². The Morgan fingerprint density at radius 3 is 1.56 bits per heavy atom. The monoisotopic (exact) mass is 718 g/mol. The predicted octanol–water partition coefficient (Wildman–Crippen LogP) is 6.77. The first-order chi connectivity index (χ1) is 25.0. The fourth-order valence-corrected chi connectivity index (χ4v) is 9.16. The lowest BCUT2D eigenvalue weighted by atomic mass is 9.69. The number of nitrogens with zero attached hydrogens (tertiary/aromatic N) is 2. The predicted molar refractivity (Wildman–Crippen MR) is 203 cm³/mol. The van der Waals surface area contributed by atoms with Gasteiger partial charge in [0, 0.05) is 67.9 Å². The molecule has 7 rings (SSSR count). The van der Waals surface area contributed by atoms with Crippen LogP contribution in [0, 0.1) is 5.92 Å². The molecule has 0 aliphatic carbocycles. The van der Waals surface area contributed by atoms with Crippen molar-refractivity contribution in [2.75, 3.05) is 26.5 Å². The minimum Gasteiger partial charge on any atom is -0.508 e. The molecule has 5 atom stereocenters. The quantitative estimate of drug-likeness (QED) is 0.204. The van der Waals surface area contributed by atoms with Gasteiger partial charge in [-0.2, -0.15) is 0 Å². The van der Waals surface area contributed by atoms with E-state index in [4.69, 9.17) is 4.74 Å². The Morgan fingerprint density at radius 1 is 0.712 bits per heavy atom. The number of thioether (sulfide) groups is 1. The van der Waals surface area contributed by atoms with Crippen LogP contribution in [-0.2, 0) is 30.0 Å². The lowest BCUT2D eigenvalue weighted by molar-refractivity contribution is -0.128. The topological polar surface area (TPSA) is 104 Å². The minimum atomic E-state index is -0.429. The number of ketones is 1. The second-order valence-electron chi connectivity index (χ2n) is 14.1. The number of benzene rings is 4. The summed E-state index contributed by atoms with van der Waals surface area (Å²) in [6.07, 6.45) is 1.91. The molecule has 0 aromatic heterocycles. The molecule has 3 aliphatic heterocycles. The van der Waals surface area contributed by atoms with Crippen molar-refractivity contribution in [1.29, 1.82) is 0 Å². The van der Waals surface area contributed by atoms with Gasteiger partial charge in [0.15, 0.2) is 10.9 Å². The van der Waals surface area contributed by atoms with Crippen LogP contribution in [0.4, 0.5) is 0 Å². The van der Waals surface area contributed by atoms with E-state index in [0.717, 1.165) is 34.4 Å². The number of rotatable bonds is 9. The van der Waals surface area contributed by atoms with Crippen molar-refractivity contribution in [3.05, 3.63) is 131 Å². The summed E-state index contributed by atoms with van der Waals surface area (Å²) < 4.78 is 5.69. The fourth-order valence-electron chi connectivity index (χ4n) is 8.12. The van der Waals surface area contributed by atoms with Gasteiger partial charge in [-0.15, -0.1) is 0 Å². The average molecular weight is 719 g/mol. The van der Waals surface area contributed by atoms with Crippen molar-refractivity contribution in [3.63, 3.8) is 0 Å². The summed E-state index contributed by atoms with van der Waals surface area (Å²) in [4.78, 5) is 52.4. The van der Waals surface area contributed by atoms with Crippen molar-refractivity contribution in [2.45, 2.75) is 62.4 Å². The number of likely N-dealkylation sites (N-methyl/N-ethyl adjacent to an activating group) is 2. The summed E-state index contributed by atoms with van der Waals surface area (Å²) in [5.41, 5.74) is 3.58. The maximum absolute atomic E-state index is 12.6. The summed E-state index contributed by atoms with van der Waals surface area (Å²) in [6.45, 7) is 4.14. The number of phenols is 1. The second-order valence-corrected chi connectivity index (χ2v) is 15.2. The molecule has 0 saturated carbocycles. The minimum absolute atomic E-state index is 0.0116. The van der Waals surface area contributed by atoms with E-state index in [-0.39, 0.29) is 64.9 Å². The van der Waals surface area contributed by atoms with Gasteiger partial charge in [0.05, 0.1) is 0 Å². The van der Waals surface area contributed by atoms with Crippen LogP contribution in [-0.4, -0.2) is 76.2 Å². The Kier molecular flexibility index (Phi) is 10.9. The van der Waals surface area contributed by atoms with Crippen LogP contribution >= 0.6 is 11.8 Å². The first-order valence-electron chi connectivity index (χ1n) is 17.8. The number of amides is 2.